The molecule has 0 aromatic heterocycles. The Bertz CT molecular complexity index is 1090. The molecule has 0 spiro atoms. The van der Waals surface area contributed by atoms with E-state index >= 15 is 0 Å². The monoisotopic (exact) mass is 450 g/mol. The number of ether oxygens (including phenoxy) is 4. The zero-order chi connectivity index (χ0) is 23.5. The molecule has 0 unspecified atom stereocenters. The zero-order valence-corrected chi connectivity index (χ0v) is 18.5. The van der Waals surface area contributed by atoms with Gasteiger partial charge in [-0.05, 0) is 48.5 Å². The average Bonchev–Trinajstić information content (AvgIpc) is 2.83. The van der Waals surface area contributed by atoms with E-state index in [0.29, 0.717) is 47.4 Å². The standard InChI is InChI=1S/C25H26N2O6/c1-30-13-14-32-21-10-5-7-18(15-21)25(29)27-20-9-6-8-19(16-20)26-24(28)17-33-23-12-4-3-11-22(23)31-2/h3-12,15-16H,13-14,17H2,1-2H3,(H,26,28)(H,27,29). The number of carbonyl (C=O) groups excluding carboxylic acids is 2. The molecule has 0 bridgehead atoms. The summed E-state index contributed by atoms with van der Waals surface area (Å²) in [5.41, 5.74) is 1.51. The molecule has 8 nitrogen and oxygen atoms in total. The Morgan fingerprint density at radius 3 is 2.24 bits per heavy atom. The predicted octanol–water partition coefficient (Wildman–Crippen LogP) is 3.99. The van der Waals surface area contributed by atoms with Crippen molar-refractivity contribution in [2.45, 2.75) is 0 Å². The number of benzene rings is 3. The van der Waals surface area contributed by atoms with Crippen LogP contribution in [0.5, 0.6) is 17.2 Å². The molecule has 0 saturated carbocycles. The molecule has 0 fully saturated rings. The van der Waals surface area contributed by atoms with Gasteiger partial charge in [-0.25, -0.2) is 0 Å². The number of hydrogen-bond donors (Lipinski definition) is 2. The van der Waals surface area contributed by atoms with Gasteiger partial charge in [0.2, 0.25) is 0 Å². The molecule has 3 aromatic carbocycles. The van der Waals surface area contributed by atoms with Gasteiger partial charge in [-0.1, -0.05) is 24.3 Å². The van der Waals surface area contributed by atoms with E-state index in [1.54, 1.807) is 73.8 Å². The van der Waals surface area contributed by atoms with Crippen molar-refractivity contribution in [2.75, 3.05) is 44.7 Å². The number of hydrogen-bond acceptors (Lipinski definition) is 6. The van der Waals surface area contributed by atoms with E-state index in [4.69, 9.17) is 18.9 Å². The van der Waals surface area contributed by atoms with E-state index in [0.717, 1.165) is 0 Å². The first-order chi connectivity index (χ1) is 16.1. The van der Waals surface area contributed by atoms with Crippen LogP contribution in [0.4, 0.5) is 11.4 Å². The summed E-state index contributed by atoms with van der Waals surface area (Å²) in [6, 6.07) is 20.8. The average molecular weight is 450 g/mol. The Kier molecular flexibility index (Phi) is 8.67. The number of anilines is 2. The minimum atomic E-state index is -0.342. The van der Waals surface area contributed by atoms with Crippen molar-refractivity contribution in [3.8, 4) is 17.2 Å². The van der Waals surface area contributed by atoms with Crippen molar-refractivity contribution in [3.63, 3.8) is 0 Å². The summed E-state index contributed by atoms with van der Waals surface area (Å²) in [6.45, 7) is 0.662. The van der Waals surface area contributed by atoms with Crippen molar-refractivity contribution >= 4 is 23.2 Å². The fourth-order valence-corrected chi connectivity index (χ4v) is 2.93. The van der Waals surface area contributed by atoms with Crippen molar-refractivity contribution in [3.05, 3.63) is 78.4 Å². The maximum absolute atomic E-state index is 12.6. The van der Waals surface area contributed by atoms with Crippen LogP contribution in [0.25, 0.3) is 0 Å². The van der Waals surface area contributed by atoms with Gasteiger partial charge in [0.1, 0.15) is 12.4 Å². The molecule has 0 aliphatic carbocycles. The maximum Gasteiger partial charge on any atom is 0.262 e. The van der Waals surface area contributed by atoms with Gasteiger partial charge in [0, 0.05) is 24.0 Å². The van der Waals surface area contributed by atoms with E-state index in [2.05, 4.69) is 10.6 Å². The first kappa shape index (κ1) is 23.6. The van der Waals surface area contributed by atoms with Crippen molar-refractivity contribution < 1.29 is 28.5 Å². The molecule has 2 N–H and O–H groups in total. The molecular formula is C25H26N2O6. The van der Waals surface area contributed by atoms with Gasteiger partial charge in [-0.3, -0.25) is 9.59 Å². The first-order valence-electron chi connectivity index (χ1n) is 10.3. The van der Waals surface area contributed by atoms with Crippen molar-refractivity contribution in [1.29, 1.82) is 0 Å². The highest BCUT2D eigenvalue weighted by Gasteiger charge is 2.10. The van der Waals surface area contributed by atoms with Gasteiger partial charge in [0.05, 0.1) is 13.7 Å². The first-order valence-corrected chi connectivity index (χ1v) is 10.3. The molecule has 3 aromatic rings. The summed E-state index contributed by atoms with van der Waals surface area (Å²) in [7, 11) is 3.13. The van der Waals surface area contributed by atoms with E-state index in [1.165, 1.54) is 7.11 Å². The van der Waals surface area contributed by atoms with Gasteiger partial charge < -0.3 is 29.6 Å². The Hall–Kier alpha value is -4.04. The lowest BCUT2D eigenvalue weighted by Gasteiger charge is -2.12. The summed E-state index contributed by atoms with van der Waals surface area (Å²) in [6.07, 6.45) is 0. The third-order valence-corrected chi connectivity index (χ3v) is 4.48. The second-order valence-electron chi connectivity index (χ2n) is 6.89. The number of carbonyl (C=O) groups is 2. The molecule has 8 heteroatoms. The molecule has 0 aliphatic rings. The van der Waals surface area contributed by atoms with Gasteiger partial charge in [0.15, 0.2) is 18.1 Å². The zero-order valence-electron chi connectivity index (χ0n) is 18.5. The maximum atomic E-state index is 12.6. The van der Waals surface area contributed by atoms with Crippen LogP contribution < -0.4 is 24.8 Å². The molecule has 0 atom stereocenters. The number of amides is 2. The van der Waals surface area contributed by atoms with Crippen LogP contribution in [0.1, 0.15) is 10.4 Å². The number of para-hydroxylation sites is 2. The van der Waals surface area contributed by atoms with E-state index < -0.39 is 0 Å². The van der Waals surface area contributed by atoms with Crippen LogP contribution in [-0.2, 0) is 9.53 Å². The third kappa shape index (κ3) is 7.26. The molecule has 2 amide bonds. The topological polar surface area (TPSA) is 95.1 Å². The molecule has 0 saturated heterocycles. The van der Waals surface area contributed by atoms with Gasteiger partial charge in [-0.2, -0.15) is 0 Å². The summed E-state index contributed by atoms with van der Waals surface area (Å²) < 4.78 is 21.2. The minimum Gasteiger partial charge on any atom is -0.493 e. The Balaban J connectivity index is 1.56. The predicted molar refractivity (Wildman–Crippen MR) is 125 cm³/mol. The normalized spacial score (nSPS) is 10.2. The van der Waals surface area contributed by atoms with Crippen LogP contribution in [0.2, 0.25) is 0 Å². The van der Waals surface area contributed by atoms with Crippen LogP contribution >= 0.6 is 0 Å². The summed E-state index contributed by atoms with van der Waals surface area (Å²) in [5.74, 6) is 0.962. The lowest BCUT2D eigenvalue weighted by atomic mass is 10.2. The van der Waals surface area contributed by atoms with E-state index in [-0.39, 0.29) is 18.4 Å². The smallest absolute Gasteiger partial charge is 0.262 e. The summed E-state index contributed by atoms with van der Waals surface area (Å²) >= 11 is 0. The molecule has 172 valence electrons. The van der Waals surface area contributed by atoms with Crippen molar-refractivity contribution in [2.24, 2.45) is 0 Å². The fraction of sp³-hybridized carbons (Fsp3) is 0.200. The van der Waals surface area contributed by atoms with Gasteiger partial charge >= 0.3 is 0 Å². The largest absolute Gasteiger partial charge is 0.493 e. The lowest BCUT2D eigenvalue weighted by Crippen LogP contribution is -2.20. The van der Waals surface area contributed by atoms with Gasteiger partial charge in [-0.15, -0.1) is 0 Å². The Morgan fingerprint density at radius 1 is 0.758 bits per heavy atom. The molecule has 0 radical (unpaired) electrons. The molecule has 0 heterocycles. The molecular weight excluding hydrogens is 424 g/mol. The van der Waals surface area contributed by atoms with Crippen LogP contribution in [0.3, 0.4) is 0 Å². The van der Waals surface area contributed by atoms with Crippen molar-refractivity contribution in [1.82, 2.24) is 0 Å². The van der Waals surface area contributed by atoms with Crippen LogP contribution in [0, 0.1) is 0 Å². The second kappa shape index (κ2) is 12.1. The fourth-order valence-electron chi connectivity index (χ4n) is 2.93. The van der Waals surface area contributed by atoms with Crippen LogP contribution in [-0.4, -0.2) is 45.9 Å². The quantitative estimate of drug-likeness (QED) is 0.429. The number of methoxy groups -OCH3 is 2. The highest BCUT2D eigenvalue weighted by atomic mass is 16.5. The molecule has 33 heavy (non-hydrogen) atoms. The summed E-state index contributed by atoms with van der Waals surface area (Å²) in [5, 5.41) is 5.57. The SMILES string of the molecule is COCCOc1cccc(C(=O)Nc2cccc(NC(=O)COc3ccccc3OC)c2)c1. The Labute approximate surface area is 192 Å². The van der Waals surface area contributed by atoms with Gasteiger partial charge in [0.25, 0.3) is 11.8 Å². The molecule has 0 aliphatic heterocycles. The number of nitrogens with one attached hydrogen (secondary N) is 2. The highest BCUT2D eigenvalue weighted by molar-refractivity contribution is 6.05. The third-order valence-electron chi connectivity index (χ3n) is 4.48. The number of rotatable bonds is 11. The Morgan fingerprint density at radius 2 is 1.48 bits per heavy atom. The lowest BCUT2D eigenvalue weighted by molar-refractivity contribution is -0.118. The molecule has 3 rings (SSSR count). The van der Waals surface area contributed by atoms with E-state index in [1.807, 2.05) is 6.07 Å². The van der Waals surface area contributed by atoms with E-state index in [9.17, 15) is 9.59 Å². The summed E-state index contributed by atoms with van der Waals surface area (Å²) in [4.78, 5) is 24.9. The van der Waals surface area contributed by atoms with Crippen LogP contribution in [0.15, 0.2) is 72.8 Å². The highest BCUT2D eigenvalue weighted by Crippen LogP contribution is 2.25. The second-order valence-corrected chi connectivity index (χ2v) is 6.89. The minimum absolute atomic E-state index is 0.188.